The zero-order chi connectivity index (χ0) is 17.3. The normalized spacial score (nSPS) is 41.8. The van der Waals surface area contributed by atoms with Crippen molar-refractivity contribution in [2.24, 2.45) is 17.3 Å². The number of anilines is 1. The van der Waals surface area contributed by atoms with Gasteiger partial charge < -0.3 is 10.2 Å². The summed E-state index contributed by atoms with van der Waals surface area (Å²) in [4.78, 5) is 17.4. The Hall–Kier alpha value is -2.34. The molecule has 0 aromatic heterocycles. The van der Waals surface area contributed by atoms with Crippen LogP contribution in [0.5, 0.6) is 0 Å². The summed E-state index contributed by atoms with van der Waals surface area (Å²) in [6, 6.07) is 7.84. The second-order valence-corrected chi connectivity index (χ2v) is 7.78. The first-order valence-corrected chi connectivity index (χ1v) is 8.49. The van der Waals surface area contributed by atoms with E-state index in [4.69, 9.17) is 6.57 Å². The minimum atomic E-state index is -0.769. The third-order valence-corrected chi connectivity index (χ3v) is 6.90. The fourth-order valence-electron chi connectivity index (χ4n) is 5.74. The van der Waals surface area contributed by atoms with Gasteiger partial charge in [-0.05, 0) is 44.2 Å². The number of allylic oxidation sites excluding steroid dienone is 1. The third-order valence-electron chi connectivity index (χ3n) is 6.90. The molecule has 0 radical (unpaired) electrons. The molecule has 1 N–H and O–H groups in total. The number of fused-ring (bicyclic) bond motifs is 5. The number of para-hydroxylation sites is 1. The molecular weight excluding hydrogens is 296 g/mol. The molecule has 1 aliphatic heterocycles. The molecule has 3 aliphatic rings. The lowest BCUT2D eigenvalue weighted by Gasteiger charge is -2.35. The Labute approximate surface area is 143 Å². The van der Waals surface area contributed by atoms with Gasteiger partial charge in [-0.3, -0.25) is 4.79 Å². The molecule has 5 atom stereocenters. The molecule has 1 amide bonds. The Kier molecular flexibility index (Phi) is 2.78. The number of amides is 1. The van der Waals surface area contributed by atoms with Gasteiger partial charge in [0.15, 0.2) is 5.41 Å². The van der Waals surface area contributed by atoms with Crippen molar-refractivity contribution < 1.29 is 4.79 Å². The molecule has 1 spiro atoms. The Balaban J connectivity index is 2.03. The van der Waals surface area contributed by atoms with Crippen LogP contribution in [0.1, 0.15) is 32.3 Å². The monoisotopic (exact) mass is 318 g/mol. The molecule has 0 saturated heterocycles. The number of hydrogen-bond acceptors (Lipinski definition) is 1. The van der Waals surface area contributed by atoms with E-state index in [9.17, 15) is 4.79 Å². The first kappa shape index (κ1) is 15.2. The zero-order valence-electron chi connectivity index (χ0n) is 14.2. The summed E-state index contributed by atoms with van der Waals surface area (Å²) in [5, 5.41) is 3.04. The highest BCUT2D eigenvalue weighted by molar-refractivity contribution is 6.12. The summed E-state index contributed by atoms with van der Waals surface area (Å²) in [7, 11) is 0. The van der Waals surface area contributed by atoms with E-state index in [0.29, 0.717) is 0 Å². The van der Waals surface area contributed by atoms with Crippen LogP contribution < -0.4 is 5.32 Å². The van der Waals surface area contributed by atoms with E-state index in [2.05, 4.69) is 30.2 Å². The third kappa shape index (κ3) is 1.30. The van der Waals surface area contributed by atoms with Crippen molar-refractivity contribution in [2.45, 2.75) is 37.6 Å². The van der Waals surface area contributed by atoms with Gasteiger partial charge in [0.05, 0.1) is 11.3 Å². The van der Waals surface area contributed by atoms with Gasteiger partial charge >= 0.3 is 0 Å². The Morgan fingerprint density at radius 3 is 2.79 bits per heavy atom. The van der Waals surface area contributed by atoms with Crippen LogP contribution in [0.3, 0.4) is 0 Å². The molecule has 3 heteroatoms. The predicted molar refractivity (Wildman–Crippen MR) is 95.4 cm³/mol. The van der Waals surface area contributed by atoms with Crippen LogP contribution in [0, 0.1) is 23.8 Å². The molecule has 2 saturated carbocycles. The molecule has 0 bridgehead atoms. The van der Waals surface area contributed by atoms with Crippen molar-refractivity contribution >= 4 is 11.6 Å². The molecule has 1 unspecified atom stereocenters. The number of nitrogens with zero attached hydrogens (tertiary/aromatic N) is 1. The van der Waals surface area contributed by atoms with E-state index in [0.717, 1.165) is 29.7 Å². The van der Waals surface area contributed by atoms with Crippen LogP contribution in [-0.4, -0.2) is 11.4 Å². The maximum Gasteiger partial charge on any atom is 0.265 e. The minimum Gasteiger partial charge on any atom is -0.325 e. The lowest BCUT2D eigenvalue weighted by molar-refractivity contribution is -0.118. The van der Waals surface area contributed by atoms with E-state index in [1.807, 2.05) is 37.3 Å². The Bertz CT molecular complexity index is 834. The Morgan fingerprint density at radius 1 is 1.46 bits per heavy atom. The first-order valence-electron chi connectivity index (χ1n) is 8.49. The minimum absolute atomic E-state index is 0.0223. The van der Waals surface area contributed by atoms with Gasteiger partial charge in [-0.15, -0.1) is 6.58 Å². The van der Waals surface area contributed by atoms with Gasteiger partial charge in [0.1, 0.15) is 0 Å². The number of nitrogens with one attached hydrogen (secondary N) is 1. The van der Waals surface area contributed by atoms with E-state index in [1.54, 1.807) is 0 Å². The van der Waals surface area contributed by atoms with Gasteiger partial charge in [0.2, 0.25) is 5.91 Å². The molecule has 4 rings (SSSR count). The van der Waals surface area contributed by atoms with Crippen LogP contribution >= 0.6 is 0 Å². The molecule has 1 aromatic rings. The molecule has 2 aliphatic carbocycles. The molecular formula is C21H22N2O. The number of rotatable bonds is 2. The van der Waals surface area contributed by atoms with Crippen LogP contribution in [0.25, 0.3) is 4.85 Å². The summed E-state index contributed by atoms with van der Waals surface area (Å²) >= 11 is 0. The largest absolute Gasteiger partial charge is 0.325 e. The summed E-state index contributed by atoms with van der Waals surface area (Å²) in [5.74, 6) is 0.148. The predicted octanol–water partition coefficient (Wildman–Crippen LogP) is 4.34. The van der Waals surface area contributed by atoms with Crippen LogP contribution in [-0.2, 0) is 10.2 Å². The summed E-state index contributed by atoms with van der Waals surface area (Å²) in [6.07, 6.45) is 3.73. The average Bonchev–Trinajstić information content (AvgIpc) is 3.11. The van der Waals surface area contributed by atoms with Crippen LogP contribution in [0.2, 0.25) is 0 Å². The number of carbonyl (C=O) groups is 1. The van der Waals surface area contributed by atoms with E-state index >= 15 is 0 Å². The Morgan fingerprint density at radius 2 is 2.17 bits per heavy atom. The van der Waals surface area contributed by atoms with Crippen molar-refractivity contribution in [2.75, 3.05) is 5.32 Å². The highest BCUT2D eigenvalue weighted by Gasteiger charge is 2.96. The van der Waals surface area contributed by atoms with E-state index < -0.39 is 11.0 Å². The molecule has 24 heavy (non-hydrogen) atoms. The van der Waals surface area contributed by atoms with Gasteiger partial charge in [0.25, 0.3) is 5.54 Å². The van der Waals surface area contributed by atoms with Gasteiger partial charge in [-0.2, -0.15) is 0 Å². The van der Waals surface area contributed by atoms with Gasteiger partial charge in [-0.1, -0.05) is 36.4 Å². The fraction of sp³-hybridized carbons (Fsp3) is 0.429. The molecule has 122 valence electrons. The second kappa shape index (κ2) is 4.39. The highest BCUT2D eigenvalue weighted by Crippen LogP contribution is 2.81. The van der Waals surface area contributed by atoms with Crippen molar-refractivity contribution in [1.82, 2.24) is 0 Å². The van der Waals surface area contributed by atoms with Crippen molar-refractivity contribution in [3.05, 3.63) is 66.1 Å². The van der Waals surface area contributed by atoms with Crippen molar-refractivity contribution in [1.29, 1.82) is 0 Å². The molecule has 2 fully saturated rings. The van der Waals surface area contributed by atoms with Gasteiger partial charge in [-0.25, -0.2) is 6.57 Å². The lowest BCUT2D eigenvalue weighted by Crippen LogP contribution is -2.42. The number of hydrogen-bond donors (Lipinski definition) is 1. The maximum absolute atomic E-state index is 13.2. The standard InChI is InChI=1S/C21H22N2O/c1-6-19(4)12-11-14(13(2)3)17-20(21(17,19)22-5)15-9-7-8-10-16(15)23-18(20)24/h6-10,14,17H,1-2,11-12H2,3-4H3,(H,23,24)/t14-,17?,19+,20+,21+/m0/s1. The smallest absolute Gasteiger partial charge is 0.265 e. The van der Waals surface area contributed by atoms with Crippen molar-refractivity contribution in [3.8, 4) is 0 Å². The second-order valence-electron chi connectivity index (χ2n) is 7.78. The fourth-order valence-corrected chi connectivity index (χ4v) is 5.74. The molecule has 1 aromatic carbocycles. The molecule has 1 heterocycles. The quantitative estimate of drug-likeness (QED) is 0.638. The highest BCUT2D eigenvalue weighted by atomic mass is 16.2. The topological polar surface area (TPSA) is 33.5 Å². The molecule has 3 nitrogen and oxygen atoms in total. The average molecular weight is 318 g/mol. The summed E-state index contributed by atoms with van der Waals surface area (Å²) in [5.41, 5.74) is 1.01. The summed E-state index contributed by atoms with van der Waals surface area (Å²) < 4.78 is 0. The van der Waals surface area contributed by atoms with Crippen LogP contribution in [0.15, 0.2) is 49.1 Å². The van der Waals surface area contributed by atoms with E-state index in [-0.39, 0.29) is 23.2 Å². The number of benzene rings is 1. The van der Waals surface area contributed by atoms with Crippen LogP contribution in [0.4, 0.5) is 5.69 Å². The van der Waals surface area contributed by atoms with E-state index in [1.165, 1.54) is 0 Å². The van der Waals surface area contributed by atoms with Gasteiger partial charge in [0, 0.05) is 5.69 Å². The first-order chi connectivity index (χ1) is 11.4. The van der Waals surface area contributed by atoms with Crippen molar-refractivity contribution in [3.63, 3.8) is 0 Å². The zero-order valence-corrected chi connectivity index (χ0v) is 14.2. The number of carbonyl (C=O) groups excluding carboxylic acids is 1. The SMILES string of the molecule is [C-]#[N+][C@]12C([C@H](C(=C)C)CC[C@@]1(C)C=C)[C@]21C(=O)Nc2ccccc21. The summed E-state index contributed by atoms with van der Waals surface area (Å²) in [6.45, 7) is 20.4. The lowest BCUT2D eigenvalue weighted by atomic mass is 9.66. The maximum atomic E-state index is 13.2.